The van der Waals surface area contributed by atoms with Crippen LogP contribution >= 0.6 is 0 Å². The van der Waals surface area contributed by atoms with Gasteiger partial charge in [-0.3, -0.25) is 14.5 Å². The number of amides is 4. The Morgan fingerprint density at radius 1 is 1.04 bits per heavy atom. The van der Waals surface area contributed by atoms with Gasteiger partial charge in [0.05, 0.1) is 0 Å². The van der Waals surface area contributed by atoms with Crippen LogP contribution in [0.3, 0.4) is 0 Å². The molecule has 0 radical (unpaired) electrons. The summed E-state index contributed by atoms with van der Waals surface area (Å²) in [4.78, 5) is 38.8. The molecule has 1 heterocycles. The van der Waals surface area contributed by atoms with E-state index in [0.29, 0.717) is 19.4 Å². The van der Waals surface area contributed by atoms with Gasteiger partial charge in [-0.2, -0.15) is 0 Å². The lowest BCUT2D eigenvalue weighted by Crippen LogP contribution is -2.59. The summed E-state index contributed by atoms with van der Waals surface area (Å²) in [6, 6.07) is -0.275. The summed E-state index contributed by atoms with van der Waals surface area (Å²) < 4.78 is 0. The van der Waals surface area contributed by atoms with Crippen LogP contribution in [0.5, 0.6) is 0 Å². The van der Waals surface area contributed by atoms with Crippen molar-refractivity contribution in [3.05, 3.63) is 0 Å². The Kier molecular flexibility index (Phi) is 4.03. The molecule has 148 valence electrons. The minimum absolute atomic E-state index is 0.0422. The van der Waals surface area contributed by atoms with E-state index in [4.69, 9.17) is 0 Å². The lowest BCUT2D eigenvalue weighted by Gasteiger charge is -2.56. The van der Waals surface area contributed by atoms with E-state index in [-0.39, 0.29) is 23.4 Å². The van der Waals surface area contributed by atoms with Crippen LogP contribution in [0.4, 0.5) is 4.79 Å². The standard InChI is InChI=1S/C21H31N3O3/c25-17(22-20-11-14-8-15(12-20)10-16(9-14)13-20)4-3-7-24-18(26)21(23-19(24)27)5-1-2-6-21/h14-16H,1-13H2,(H,22,25)(H,23,27). The van der Waals surface area contributed by atoms with Crippen LogP contribution in [0.1, 0.15) is 77.0 Å². The number of imide groups is 1. The molecular formula is C21H31N3O3. The molecule has 4 bridgehead atoms. The van der Waals surface area contributed by atoms with Crippen LogP contribution in [-0.4, -0.2) is 40.4 Å². The van der Waals surface area contributed by atoms with Gasteiger partial charge < -0.3 is 10.6 Å². The molecule has 0 aromatic rings. The van der Waals surface area contributed by atoms with Gasteiger partial charge in [0.25, 0.3) is 5.91 Å². The van der Waals surface area contributed by atoms with Crippen LogP contribution < -0.4 is 10.6 Å². The van der Waals surface area contributed by atoms with Crippen molar-refractivity contribution >= 4 is 17.8 Å². The Labute approximate surface area is 160 Å². The largest absolute Gasteiger partial charge is 0.351 e. The number of hydrogen-bond donors (Lipinski definition) is 2. The quantitative estimate of drug-likeness (QED) is 0.727. The van der Waals surface area contributed by atoms with Gasteiger partial charge in [-0.05, 0) is 75.5 Å². The van der Waals surface area contributed by atoms with E-state index < -0.39 is 5.54 Å². The first-order valence-corrected chi connectivity index (χ1v) is 10.9. The molecule has 0 aromatic heterocycles. The van der Waals surface area contributed by atoms with E-state index >= 15 is 0 Å². The molecule has 6 nitrogen and oxygen atoms in total. The average Bonchev–Trinajstić information content (AvgIpc) is 3.14. The van der Waals surface area contributed by atoms with Gasteiger partial charge >= 0.3 is 6.03 Å². The first-order chi connectivity index (χ1) is 13.0. The van der Waals surface area contributed by atoms with Crippen molar-refractivity contribution < 1.29 is 14.4 Å². The summed E-state index contributed by atoms with van der Waals surface area (Å²) in [6.07, 6.45) is 12.0. The Morgan fingerprint density at radius 3 is 2.22 bits per heavy atom. The molecule has 1 saturated heterocycles. The minimum atomic E-state index is -0.640. The lowest BCUT2D eigenvalue weighted by molar-refractivity contribution is -0.132. The van der Waals surface area contributed by atoms with Crippen molar-refractivity contribution in [2.75, 3.05) is 6.54 Å². The Bertz CT molecular complexity index is 632. The van der Waals surface area contributed by atoms with Crippen molar-refractivity contribution in [3.8, 4) is 0 Å². The van der Waals surface area contributed by atoms with Crippen molar-refractivity contribution in [1.82, 2.24) is 15.5 Å². The summed E-state index contributed by atoms with van der Waals surface area (Å²) in [5.74, 6) is 2.45. The highest BCUT2D eigenvalue weighted by atomic mass is 16.2. The molecular weight excluding hydrogens is 342 g/mol. The summed E-state index contributed by atoms with van der Waals surface area (Å²) in [5.41, 5.74) is -0.598. The van der Waals surface area contributed by atoms with Crippen molar-refractivity contribution in [1.29, 1.82) is 0 Å². The second-order valence-corrected chi connectivity index (χ2v) is 10.0. The van der Waals surface area contributed by atoms with E-state index in [1.54, 1.807) is 0 Å². The fourth-order valence-corrected chi connectivity index (χ4v) is 7.22. The molecule has 6 fully saturated rings. The fourth-order valence-electron chi connectivity index (χ4n) is 7.22. The van der Waals surface area contributed by atoms with Crippen molar-refractivity contribution in [2.45, 2.75) is 88.1 Å². The zero-order valence-corrected chi connectivity index (χ0v) is 16.1. The van der Waals surface area contributed by atoms with E-state index in [9.17, 15) is 14.4 Å². The highest BCUT2D eigenvalue weighted by Gasteiger charge is 2.53. The van der Waals surface area contributed by atoms with E-state index in [1.165, 1.54) is 24.2 Å². The Morgan fingerprint density at radius 2 is 1.63 bits per heavy atom. The zero-order chi connectivity index (χ0) is 18.6. The topological polar surface area (TPSA) is 78.5 Å². The Hall–Kier alpha value is -1.59. The molecule has 4 amide bonds. The van der Waals surface area contributed by atoms with Gasteiger partial charge in [-0.1, -0.05) is 12.8 Å². The first-order valence-electron chi connectivity index (χ1n) is 10.9. The zero-order valence-electron chi connectivity index (χ0n) is 16.1. The van der Waals surface area contributed by atoms with Crippen LogP contribution in [0, 0.1) is 17.8 Å². The molecule has 2 N–H and O–H groups in total. The number of hydrogen-bond acceptors (Lipinski definition) is 3. The van der Waals surface area contributed by atoms with Gasteiger partial charge in [0.15, 0.2) is 0 Å². The van der Waals surface area contributed by atoms with Gasteiger partial charge in [-0.15, -0.1) is 0 Å². The third kappa shape index (κ3) is 2.95. The molecule has 0 aromatic carbocycles. The predicted molar refractivity (Wildman–Crippen MR) is 99.7 cm³/mol. The van der Waals surface area contributed by atoms with E-state index in [1.807, 2.05) is 0 Å². The summed E-state index contributed by atoms with van der Waals surface area (Å²) in [7, 11) is 0. The lowest BCUT2D eigenvalue weighted by atomic mass is 9.53. The number of nitrogens with zero attached hydrogens (tertiary/aromatic N) is 1. The van der Waals surface area contributed by atoms with Gasteiger partial charge in [0.1, 0.15) is 5.54 Å². The number of nitrogens with one attached hydrogen (secondary N) is 2. The highest BCUT2D eigenvalue weighted by molar-refractivity contribution is 6.07. The first kappa shape index (κ1) is 17.5. The molecule has 0 unspecified atom stereocenters. The monoisotopic (exact) mass is 373 g/mol. The second-order valence-electron chi connectivity index (χ2n) is 10.0. The molecule has 1 aliphatic heterocycles. The second kappa shape index (κ2) is 6.21. The van der Waals surface area contributed by atoms with Crippen LogP contribution in [0.25, 0.3) is 0 Å². The fraction of sp³-hybridized carbons (Fsp3) is 0.857. The predicted octanol–water partition coefficient (Wildman–Crippen LogP) is 2.72. The van der Waals surface area contributed by atoms with Crippen LogP contribution in [-0.2, 0) is 9.59 Å². The maximum absolute atomic E-state index is 12.7. The van der Waals surface area contributed by atoms with E-state index in [0.717, 1.165) is 62.7 Å². The maximum Gasteiger partial charge on any atom is 0.325 e. The van der Waals surface area contributed by atoms with E-state index in [2.05, 4.69) is 10.6 Å². The molecule has 0 atom stereocenters. The average molecular weight is 373 g/mol. The van der Waals surface area contributed by atoms with Gasteiger partial charge in [-0.25, -0.2) is 4.79 Å². The third-order valence-corrected chi connectivity index (χ3v) is 7.93. The highest BCUT2D eigenvalue weighted by Crippen LogP contribution is 2.55. The Balaban J connectivity index is 1.13. The van der Waals surface area contributed by atoms with Gasteiger partial charge in [0, 0.05) is 18.5 Å². The smallest absolute Gasteiger partial charge is 0.325 e. The third-order valence-electron chi connectivity index (χ3n) is 7.93. The minimum Gasteiger partial charge on any atom is -0.351 e. The van der Waals surface area contributed by atoms with Crippen LogP contribution in [0.2, 0.25) is 0 Å². The molecule has 5 aliphatic carbocycles. The molecule has 6 rings (SSSR count). The molecule has 1 spiro atoms. The summed E-state index contributed by atoms with van der Waals surface area (Å²) in [6.45, 7) is 0.348. The van der Waals surface area contributed by atoms with Crippen LogP contribution in [0.15, 0.2) is 0 Å². The number of carbonyl (C=O) groups is 3. The summed E-state index contributed by atoms with van der Waals surface area (Å²) >= 11 is 0. The number of urea groups is 1. The molecule has 6 heteroatoms. The van der Waals surface area contributed by atoms with Gasteiger partial charge in [0.2, 0.25) is 5.91 Å². The maximum atomic E-state index is 12.7. The number of rotatable bonds is 5. The van der Waals surface area contributed by atoms with Crippen molar-refractivity contribution in [3.63, 3.8) is 0 Å². The molecule has 5 saturated carbocycles. The summed E-state index contributed by atoms with van der Waals surface area (Å²) in [5, 5.41) is 6.29. The number of carbonyl (C=O) groups excluding carboxylic acids is 3. The van der Waals surface area contributed by atoms with Crippen molar-refractivity contribution in [2.24, 2.45) is 17.8 Å². The SMILES string of the molecule is O=C(CCCN1C(=O)NC2(CCCC2)C1=O)NC12CC3CC(CC(C3)C1)C2. The molecule has 6 aliphatic rings. The molecule has 27 heavy (non-hydrogen) atoms. The normalized spacial score (nSPS) is 38.7.